The molecule has 11 nitrogen and oxygen atoms in total. The molecule has 0 unspecified atom stereocenters. The third-order valence-electron chi connectivity index (χ3n) is 5.00. The normalized spacial score (nSPS) is 11.5. The minimum atomic E-state index is -3.56. The van der Waals surface area contributed by atoms with Crippen LogP contribution in [0.25, 0.3) is 11.3 Å². The zero-order valence-electron chi connectivity index (χ0n) is 19.2. The molecular formula is C21H23FN8O3S. The number of ether oxygens (including phenoxy) is 1. The van der Waals surface area contributed by atoms with E-state index in [-0.39, 0.29) is 16.5 Å². The van der Waals surface area contributed by atoms with Crippen molar-refractivity contribution in [3.8, 4) is 17.0 Å². The van der Waals surface area contributed by atoms with Crippen molar-refractivity contribution in [2.45, 2.75) is 11.8 Å². The summed E-state index contributed by atoms with van der Waals surface area (Å²) < 4.78 is 45.7. The quantitative estimate of drug-likeness (QED) is 0.405. The van der Waals surface area contributed by atoms with Gasteiger partial charge < -0.3 is 15.0 Å². The zero-order chi connectivity index (χ0) is 24.6. The Labute approximate surface area is 195 Å². The van der Waals surface area contributed by atoms with E-state index >= 15 is 0 Å². The average molecular weight is 487 g/mol. The fourth-order valence-electron chi connectivity index (χ4n) is 3.31. The van der Waals surface area contributed by atoms with Gasteiger partial charge in [0.2, 0.25) is 5.95 Å². The number of rotatable bonds is 7. The first-order chi connectivity index (χ1) is 16.1. The first-order valence-corrected chi connectivity index (χ1v) is 11.9. The fourth-order valence-corrected chi connectivity index (χ4v) is 3.94. The number of halogens is 1. The van der Waals surface area contributed by atoms with E-state index in [9.17, 15) is 12.8 Å². The fraction of sp³-hybridized carbons (Fsp3) is 0.238. The molecule has 0 fully saturated rings. The van der Waals surface area contributed by atoms with E-state index in [0.717, 1.165) is 18.0 Å². The minimum Gasteiger partial charge on any atom is -0.491 e. The van der Waals surface area contributed by atoms with Gasteiger partial charge in [0.05, 0.1) is 23.9 Å². The number of benzene rings is 1. The summed E-state index contributed by atoms with van der Waals surface area (Å²) in [6.45, 7) is 1.86. The Balaban J connectivity index is 1.85. The van der Waals surface area contributed by atoms with Gasteiger partial charge in [-0.1, -0.05) is 0 Å². The maximum atomic E-state index is 14.9. The van der Waals surface area contributed by atoms with Crippen molar-refractivity contribution in [2.24, 2.45) is 7.05 Å². The van der Waals surface area contributed by atoms with Gasteiger partial charge in [0.15, 0.2) is 27.2 Å². The molecule has 4 aromatic rings. The summed E-state index contributed by atoms with van der Waals surface area (Å²) in [6.07, 6.45) is 4.41. The molecule has 0 saturated carbocycles. The van der Waals surface area contributed by atoms with Gasteiger partial charge in [-0.3, -0.25) is 9.78 Å². The predicted octanol–water partition coefficient (Wildman–Crippen LogP) is 2.97. The molecule has 0 spiro atoms. The number of H-pyrrole nitrogens is 1. The van der Waals surface area contributed by atoms with Gasteiger partial charge in [0.25, 0.3) is 0 Å². The molecule has 0 radical (unpaired) electrons. The summed E-state index contributed by atoms with van der Waals surface area (Å²) in [4.78, 5) is 10.4. The van der Waals surface area contributed by atoms with E-state index in [4.69, 9.17) is 4.74 Å². The Kier molecular flexibility index (Phi) is 5.96. The summed E-state index contributed by atoms with van der Waals surface area (Å²) in [7, 11) is 1.29. The number of anilines is 4. The molecule has 1 aromatic carbocycles. The lowest BCUT2D eigenvalue weighted by atomic mass is 10.2. The largest absolute Gasteiger partial charge is 0.491 e. The van der Waals surface area contributed by atoms with Crippen LogP contribution in [0.5, 0.6) is 5.75 Å². The van der Waals surface area contributed by atoms with E-state index < -0.39 is 15.7 Å². The molecule has 0 saturated heterocycles. The molecule has 2 N–H and O–H groups in total. The summed E-state index contributed by atoms with van der Waals surface area (Å²) >= 11 is 0. The molecule has 0 amide bonds. The third-order valence-corrected chi connectivity index (χ3v) is 6.11. The van der Waals surface area contributed by atoms with Crippen LogP contribution < -0.4 is 15.0 Å². The Morgan fingerprint density at radius 2 is 2.00 bits per heavy atom. The lowest BCUT2D eigenvalue weighted by molar-refractivity contribution is 0.415. The molecule has 13 heteroatoms. The Morgan fingerprint density at radius 1 is 1.24 bits per heavy atom. The highest BCUT2D eigenvalue weighted by Gasteiger charge is 2.23. The molecule has 3 heterocycles. The SMILES string of the molecule is COc1c(Nc2cc(C)[nH]n2)nc(N(C)c2ccc(S(C)(=O)=O)cc2F)nc1-c1cnn(C)c1. The van der Waals surface area contributed by atoms with Crippen LogP contribution in [0, 0.1) is 12.7 Å². The van der Waals surface area contributed by atoms with Crippen LogP contribution in [0.2, 0.25) is 0 Å². The number of aromatic nitrogens is 6. The summed E-state index contributed by atoms with van der Waals surface area (Å²) in [5, 5.41) is 14.3. The highest BCUT2D eigenvalue weighted by atomic mass is 32.2. The average Bonchev–Trinajstić information content (AvgIpc) is 3.39. The topological polar surface area (TPSA) is 131 Å². The van der Waals surface area contributed by atoms with Crippen LogP contribution in [0.1, 0.15) is 5.69 Å². The Hall–Kier alpha value is -4.00. The molecule has 178 valence electrons. The van der Waals surface area contributed by atoms with Crippen molar-refractivity contribution in [3.63, 3.8) is 0 Å². The Bertz CT molecular complexity index is 1460. The zero-order valence-corrected chi connectivity index (χ0v) is 20.0. The van der Waals surface area contributed by atoms with Gasteiger partial charge in [-0.05, 0) is 25.1 Å². The number of nitrogens with zero attached hydrogens (tertiary/aromatic N) is 6. The Morgan fingerprint density at radius 3 is 2.56 bits per heavy atom. The summed E-state index contributed by atoms with van der Waals surface area (Å²) in [5.74, 6) is 0.561. The molecule has 4 rings (SSSR count). The van der Waals surface area contributed by atoms with Crippen molar-refractivity contribution in [1.29, 1.82) is 0 Å². The smallest absolute Gasteiger partial charge is 0.232 e. The molecule has 34 heavy (non-hydrogen) atoms. The van der Waals surface area contributed by atoms with Crippen LogP contribution in [-0.2, 0) is 16.9 Å². The molecule has 0 bridgehead atoms. The number of aromatic amines is 1. The van der Waals surface area contributed by atoms with Crippen LogP contribution in [0.4, 0.5) is 27.7 Å². The van der Waals surface area contributed by atoms with Crippen LogP contribution in [-0.4, -0.2) is 58.8 Å². The lowest BCUT2D eigenvalue weighted by Gasteiger charge is -2.21. The molecule has 0 aliphatic heterocycles. The molecule has 0 atom stereocenters. The molecule has 3 aromatic heterocycles. The molecule has 0 aliphatic carbocycles. The standard InChI is InChI=1S/C21H23FN8O3S/c1-12-8-17(28-27-12)24-20-19(33-4)18(13-10-23-29(2)11-13)25-21(26-20)30(3)16-7-6-14(9-15(16)22)34(5,31)32/h6-11H,1-5H3,(H2,24,25,26,27,28). The lowest BCUT2D eigenvalue weighted by Crippen LogP contribution is -2.17. The van der Waals surface area contributed by atoms with E-state index in [2.05, 4.69) is 30.6 Å². The second kappa shape index (κ2) is 8.74. The highest BCUT2D eigenvalue weighted by molar-refractivity contribution is 7.90. The van der Waals surface area contributed by atoms with Gasteiger partial charge in [-0.2, -0.15) is 15.2 Å². The van der Waals surface area contributed by atoms with E-state index in [1.54, 1.807) is 37.2 Å². The molecular weight excluding hydrogens is 463 g/mol. The van der Waals surface area contributed by atoms with Crippen molar-refractivity contribution < 1.29 is 17.5 Å². The van der Waals surface area contributed by atoms with Crippen LogP contribution in [0.15, 0.2) is 41.6 Å². The van der Waals surface area contributed by atoms with E-state index in [1.165, 1.54) is 24.1 Å². The maximum absolute atomic E-state index is 14.9. The number of methoxy groups -OCH3 is 1. The number of nitrogens with one attached hydrogen (secondary N) is 2. The third kappa shape index (κ3) is 4.55. The van der Waals surface area contributed by atoms with Gasteiger partial charge in [0.1, 0.15) is 11.5 Å². The van der Waals surface area contributed by atoms with Crippen molar-refractivity contribution in [1.82, 2.24) is 29.9 Å². The van der Waals surface area contributed by atoms with Gasteiger partial charge >= 0.3 is 0 Å². The number of hydrogen-bond donors (Lipinski definition) is 2. The number of aryl methyl sites for hydroxylation is 2. The van der Waals surface area contributed by atoms with E-state index in [1.807, 2.05) is 6.92 Å². The number of hydrogen-bond acceptors (Lipinski definition) is 9. The van der Waals surface area contributed by atoms with Gasteiger partial charge in [0, 0.05) is 43.9 Å². The first kappa shape index (κ1) is 23.2. The van der Waals surface area contributed by atoms with Crippen LogP contribution >= 0.6 is 0 Å². The van der Waals surface area contributed by atoms with Crippen molar-refractivity contribution >= 4 is 33.1 Å². The summed E-state index contributed by atoms with van der Waals surface area (Å²) in [6, 6.07) is 5.46. The second-order valence-electron chi connectivity index (χ2n) is 7.66. The summed E-state index contributed by atoms with van der Waals surface area (Å²) in [5.41, 5.74) is 2.02. The monoisotopic (exact) mass is 486 g/mol. The van der Waals surface area contributed by atoms with Crippen LogP contribution in [0.3, 0.4) is 0 Å². The first-order valence-electron chi connectivity index (χ1n) is 10.0. The van der Waals surface area contributed by atoms with Crippen molar-refractivity contribution in [2.75, 3.05) is 30.6 Å². The van der Waals surface area contributed by atoms with Gasteiger partial charge in [-0.25, -0.2) is 17.8 Å². The maximum Gasteiger partial charge on any atom is 0.232 e. The minimum absolute atomic E-state index is 0.0938. The molecule has 0 aliphatic rings. The predicted molar refractivity (Wildman–Crippen MR) is 125 cm³/mol. The van der Waals surface area contributed by atoms with Crippen molar-refractivity contribution in [3.05, 3.63) is 48.2 Å². The second-order valence-corrected chi connectivity index (χ2v) is 9.68. The highest BCUT2D eigenvalue weighted by Crippen LogP contribution is 2.38. The van der Waals surface area contributed by atoms with Gasteiger partial charge in [-0.15, -0.1) is 0 Å². The van der Waals surface area contributed by atoms with E-state index in [0.29, 0.717) is 28.6 Å². The number of sulfone groups is 1.